The Hall–Kier alpha value is -3.75. The molecule has 0 aromatic carbocycles. The third-order valence-electron chi connectivity index (χ3n) is 4.51. The maximum absolute atomic E-state index is 12.7. The standard InChI is InChI=1S/C20H21N7O2/c1-26-13-17-18(25-26)20(29)21-9-4-2-3-5-10-27-12-14(11-22-27)15-7-6-8-16(23-15)19(28)24-17/h2,4,6-8,11-13H,3,5,9-10H2,1H3,(H,21,29)(H,24,28)/b4-2+. The lowest BCUT2D eigenvalue weighted by Gasteiger charge is -2.06. The van der Waals surface area contributed by atoms with Crippen LogP contribution in [0.2, 0.25) is 0 Å². The van der Waals surface area contributed by atoms with Crippen LogP contribution in [0, 0.1) is 0 Å². The molecule has 9 heteroatoms. The molecule has 4 heterocycles. The number of nitrogens with one attached hydrogen (secondary N) is 2. The van der Waals surface area contributed by atoms with Gasteiger partial charge >= 0.3 is 0 Å². The monoisotopic (exact) mass is 391 g/mol. The second kappa shape index (κ2) is 8.09. The van der Waals surface area contributed by atoms with Crippen molar-refractivity contribution in [2.75, 3.05) is 11.9 Å². The molecule has 3 aromatic heterocycles. The molecule has 0 unspecified atom stereocenters. The molecule has 0 saturated heterocycles. The third-order valence-corrected chi connectivity index (χ3v) is 4.51. The molecule has 4 bridgehead atoms. The van der Waals surface area contributed by atoms with Crippen molar-refractivity contribution in [3.8, 4) is 11.3 Å². The van der Waals surface area contributed by atoms with Gasteiger partial charge in [-0.05, 0) is 25.0 Å². The molecule has 3 aromatic rings. The first-order valence-electron chi connectivity index (χ1n) is 9.38. The molecule has 0 aliphatic carbocycles. The van der Waals surface area contributed by atoms with E-state index >= 15 is 0 Å². The Bertz CT molecular complexity index is 1080. The van der Waals surface area contributed by atoms with Crippen molar-refractivity contribution in [2.45, 2.75) is 19.4 Å². The molecule has 0 atom stereocenters. The number of anilines is 1. The summed E-state index contributed by atoms with van der Waals surface area (Å²) in [7, 11) is 1.69. The summed E-state index contributed by atoms with van der Waals surface area (Å²) in [6.07, 6.45) is 11.0. The van der Waals surface area contributed by atoms with Crippen molar-refractivity contribution < 1.29 is 9.59 Å². The number of pyridine rings is 1. The fourth-order valence-electron chi connectivity index (χ4n) is 3.08. The molecular formula is C20H21N7O2. The van der Waals surface area contributed by atoms with Gasteiger partial charge in [-0.25, -0.2) is 4.98 Å². The van der Waals surface area contributed by atoms with Crippen LogP contribution in [0.15, 0.2) is 48.9 Å². The number of amides is 2. The average Bonchev–Trinajstić information content (AvgIpc) is 3.33. The van der Waals surface area contributed by atoms with E-state index in [2.05, 4.69) is 25.8 Å². The van der Waals surface area contributed by atoms with Crippen molar-refractivity contribution in [1.82, 2.24) is 29.9 Å². The predicted molar refractivity (Wildman–Crippen MR) is 107 cm³/mol. The van der Waals surface area contributed by atoms with E-state index in [1.165, 1.54) is 4.68 Å². The van der Waals surface area contributed by atoms with Gasteiger partial charge in [0.25, 0.3) is 11.8 Å². The van der Waals surface area contributed by atoms with Crippen LogP contribution >= 0.6 is 0 Å². The van der Waals surface area contributed by atoms with Crippen molar-refractivity contribution >= 4 is 17.5 Å². The Balaban J connectivity index is 1.68. The van der Waals surface area contributed by atoms with Crippen LogP contribution in [-0.2, 0) is 13.6 Å². The van der Waals surface area contributed by atoms with E-state index in [9.17, 15) is 9.59 Å². The molecular weight excluding hydrogens is 370 g/mol. The number of hydrogen-bond donors (Lipinski definition) is 2. The zero-order valence-electron chi connectivity index (χ0n) is 16.0. The fraction of sp³-hybridized carbons (Fsp3) is 0.250. The molecule has 148 valence electrons. The largest absolute Gasteiger partial charge is 0.347 e. The van der Waals surface area contributed by atoms with Crippen molar-refractivity contribution in [2.24, 2.45) is 7.05 Å². The molecule has 1 aliphatic rings. The second-order valence-electron chi connectivity index (χ2n) is 6.74. The van der Waals surface area contributed by atoms with Crippen LogP contribution in [-0.4, -0.2) is 42.9 Å². The second-order valence-corrected chi connectivity index (χ2v) is 6.74. The van der Waals surface area contributed by atoms with E-state index in [0.717, 1.165) is 24.9 Å². The molecule has 0 saturated carbocycles. The van der Waals surface area contributed by atoms with Gasteiger partial charge in [-0.1, -0.05) is 18.2 Å². The number of carbonyl (C=O) groups is 2. The van der Waals surface area contributed by atoms with Crippen LogP contribution < -0.4 is 10.6 Å². The van der Waals surface area contributed by atoms with Crippen molar-refractivity contribution in [3.63, 3.8) is 0 Å². The number of fused-ring (bicyclic) bond motifs is 6. The summed E-state index contributed by atoms with van der Waals surface area (Å²) in [5.41, 5.74) is 2.24. The molecule has 4 rings (SSSR count). The van der Waals surface area contributed by atoms with Crippen LogP contribution in [0.25, 0.3) is 11.3 Å². The van der Waals surface area contributed by atoms with Crippen LogP contribution in [0.4, 0.5) is 5.69 Å². The van der Waals surface area contributed by atoms with E-state index in [0.29, 0.717) is 17.9 Å². The van der Waals surface area contributed by atoms with Gasteiger partial charge < -0.3 is 10.6 Å². The lowest BCUT2D eigenvalue weighted by molar-refractivity contribution is 0.0953. The number of aromatic nitrogens is 5. The number of hydrogen-bond acceptors (Lipinski definition) is 5. The summed E-state index contributed by atoms with van der Waals surface area (Å²) in [5, 5.41) is 14.1. The number of rotatable bonds is 0. The summed E-state index contributed by atoms with van der Waals surface area (Å²) in [4.78, 5) is 29.7. The molecule has 9 nitrogen and oxygen atoms in total. The van der Waals surface area contributed by atoms with Gasteiger partial charge in [-0.3, -0.25) is 19.0 Å². The first-order valence-corrected chi connectivity index (χ1v) is 9.38. The fourth-order valence-corrected chi connectivity index (χ4v) is 3.08. The van der Waals surface area contributed by atoms with Gasteiger partial charge in [0.15, 0.2) is 5.69 Å². The lowest BCUT2D eigenvalue weighted by Crippen LogP contribution is -2.25. The van der Waals surface area contributed by atoms with Crippen LogP contribution in [0.3, 0.4) is 0 Å². The molecule has 0 spiro atoms. The minimum Gasteiger partial charge on any atom is -0.347 e. The zero-order chi connectivity index (χ0) is 20.2. The molecule has 2 N–H and O–H groups in total. The maximum atomic E-state index is 12.7. The number of nitrogens with zero attached hydrogens (tertiary/aromatic N) is 5. The highest BCUT2D eigenvalue weighted by atomic mass is 16.2. The van der Waals surface area contributed by atoms with Crippen molar-refractivity contribution in [1.29, 1.82) is 0 Å². The van der Waals surface area contributed by atoms with Gasteiger partial charge in [-0.15, -0.1) is 0 Å². The Morgan fingerprint density at radius 1 is 1.07 bits per heavy atom. The van der Waals surface area contributed by atoms with Gasteiger partial charge in [0.1, 0.15) is 5.69 Å². The van der Waals surface area contributed by atoms with Gasteiger partial charge in [-0.2, -0.15) is 10.2 Å². The highest BCUT2D eigenvalue weighted by Gasteiger charge is 2.19. The van der Waals surface area contributed by atoms with Gasteiger partial charge in [0, 0.05) is 38.1 Å². The number of allylic oxidation sites excluding steroid dienone is 1. The summed E-state index contributed by atoms with van der Waals surface area (Å²) in [6.45, 7) is 1.16. The smallest absolute Gasteiger partial charge is 0.274 e. The van der Waals surface area contributed by atoms with Crippen LogP contribution in [0.5, 0.6) is 0 Å². The summed E-state index contributed by atoms with van der Waals surface area (Å²) in [5.74, 6) is -0.765. The predicted octanol–water partition coefficient (Wildman–Crippen LogP) is 2.01. The molecule has 29 heavy (non-hydrogen) atoms. The normalized spacial score (nSPS) is 16.2. The van der Waals surface area contributed by atoms with E-state index < -0.39 is 5.91 Å². The number of aryl methyl sites for hydroxylation is 2. The zero-order valence-corrected chi connectivity index (χ0v) is 16.0. The molecule has 1 aliphatic heterocycles. The molecule has 2 amide bonds. The Kier molecular flexibility index (Phi) is 5.19. The number of carbonyl (C=O) groups excluding carboxylic acids is 2. The minimum absolute atomic E-state index is 0.160. The van der Waals surface area contributed by atoms with E-state index in [-0.39, 0.29) is 17.3 Å². The van der Waals surface area contributed by atoms with E-state index in [4.69, 9.17) is 0 Å². The van der Waals surface area contributed by atoms with Crippen molar-refractivity contribution in [3.05, 3.63) is 60.3 Å². The van der Waals surface area contributed by atoms with E-state index in [1.807, 2.05) is 29.1 Å². The Morgan fingerprint density at radius 3 is 2.83 bits per heavy atom. The lowest BCUT2D eigenvalue weighted by atomic mass is 10.2. The molecule has 0 fully saturated rings. The Morgan fingerprint density at radius 2 is 1.93 bits per heavy atom. The summed E-state index contributed by atoms with van der Waals surface area (Å²) in [6, 6.07) is 5.24. The average molecular weight is 391 g/mol. The van der Waals surface area contributed by atoms with Gasteiger partial charge in [0.05, 0.1) is 17.6 Å². The SMILES string of the molecule is Cn1cc2c(n1)C(=O)NC/C=C/CCCn1cc(cn1)-c1cccc(n1)C(=O)N2. The highest BCUT2D eigenvalue weighted by molar-refractivity contribution is 6.07. The first kappa shape index (κ1) is 18.6. The molecule has 0 radical (unpaired) electrons. The first-order chi connectivity index (χ1) is 14.1. The minimum atomic E-state index is -0.415. The van der Waals surface area contributed by atoms with Crippen LogP contribution in [0.1, 0.15) is 33.8 Å². The maximum Gasteiger partial charge on any atom is 0.274 e. The van der Waals surface area contributed by atoms with Gasteiger partial charge in [0.2, 0.25) is 0 Å². The Labute approximate surface area is 167 Å². The highest BCUT2D eigenvalue weighted by Crippen LogP contribution is 2.19. The quantitative estimate of drug-likeness (QED) is 0.570. The topological polar surface area (TPSA) is 107 Å². The van der Waals surface area contributed by atoms with E-state index in [1.54, 1.807) is 31.6 Å². The summed E-state index contributed by atoms with van der Waals surface area (Å²) < 4.78 is 3.35. The summed E-state index contributed by atoms with van der Waals surface area (Å²) >= 11 is 0. The third kappa shape index (κ3) is 4.23.